The summed E-state index contributed by atoms with van der Waals surface area (Å²) in [6.07, 6.45) is 1.70. The summed E-state index contributed by atoms with van der Waals surface area (Å²) in [6, 6.07) is 0. The van der Waals surface area contributed by atoms with Gasteiger partial charge in [-0.05, 0) is 0 Å². The molecule has 2 aromatic rings. The van der Waals surface area contributed by atoms with E-state index in [2.05, 4.69) is 5.10 Å². The molecule has 0 aliphatic heterocycles. The summed E-state index contributed by atoms with van der Waals surface area (Å²) < 4.78 is 1.42. The molecule has 86 valence electrons. The lowest BCUT2D eigenvalue weighted by Gasteiger charge is -2.21. The number of nitrogens with zero attached hydrogens (tertiary/aromatic N) is 2. The van der Waals surface area contributed by atoms with Gasteiger partial charge < -0.3 is 5.11 Å². The molecule has 0 spiro atoms. The van der Waals surface area contributed by atoms with Gasteiger partial charge in [-0.2, -0.15) is 16.4 Å². The van der Waals surface area contributed by atoms with Gasteiger partial charge in [0.25, 0.3) is 5.56 Å². The molecule has 0 fully saturated rings. The molecule has 5 heteroatoms. The van der Waals surface area contributed by atoms with E-state index in [9.17, 15) is 9.90 Å². The molecular formula is C11H14N2O2S. The highest BCUT2D eigenvalue weighted by molar-refractivity contribution is 7.09. The van der Waals surface area contributed by atoms with Crippen LogP contribution in [0.15, 0.2) is 21.8 Å². The monoisotopic (exact) mass is 238 g/mol. The predicted octanol–water partition coefficient (Wildman–Crippen LogP) is 1.48. The number of aromatic nitrogens is 2. The van der Waals surface area contributed by atoms with E-state index in [1.807, 2.05) is 24.6 Å². The van der Waals surface area contributed by atoms with Crippen molar-refractivity contribution in [3.05, 3.63) is 27.3 Å². The van der Waals surface area contributed by atoms with Crippen molar-refractivity contribution in [1.29, 1.82) is 0 Å². The third-order valence-electron chi connectivity index (χ3n) is 2.50. The maximum atomic E-state index is 12.0. The molecule has 0 aromatic carbocycles. The van der Waals surface area contributed by atoms with E-state index < -0.39 is 0 Å². The second-order valence-corrected chi connectivity index (χ2v) is 5.41. The molecule has 0 saturated carbocycles. The molecule has 0 radical (unpaired) electrons. The van der Waals surface area contributed by atoms with E-state index in [1.54, 1.807) is 6.20 Å². The molecule has 0 unspecified atom stereocenters. The van der Waals surface area contributed by atoms with Gasteiger partial charge in [-0.25, -0.2) is 4.68 Å². The Morgan fingerprint density at radius 1 is 1.50 bits per heavy atom. The number of thiophene rings is 1. The van der Waals surface area contributed by atoms with Crippen LogP contribution in [0.3, 0.4) is 0 Å². The molecule has 0 aliphatic rings. The highest BCUT2D eigenvalue weighted by Crippen LogP contribution is 2.17. The van der Waals surface area contributed by atoms with Crippen LogP contribution < -0.4 is 5.56 Å². The Kier molecular flexibility index (Phi) is 2.82. The van der Waals surface area contributed by atoms with Crippen LogP contribution in [0.2, 0.25) is 0 Å². The van der Waals surface area contributed by atoms with E-state index >= 15 is 0 Å². The fourth-order valence-corrected chi connectivity index (χ4v) is 2.25. The molecule has 2 aromatic heterocycles. The van der Waals surface area contributed by atoms with E-state index in [-0.39, 0.29) is 17.6 Å². The molecular weight excluding hydrogens is 224 g/mol. The smallest absolute Gasteiger partial charge is 0.275 e. The highest BCUT2D eigenvalue weighted by Gasteiger charge is 2.19. The average Bonchev–Trinajstić information content (AvgIpc) is 2.71. The van der Waals surface area contributed by atoms with Gasteiger partial charge in [0.15, 0.2) is 0 Å². The van der Waals surface area contributed by atoms with Crippen molar-refractivity contribution in [3.8, 4) is 0 Å². The molecule has 1 N–H and O–H groups in total. The Balaban J connectivity index is 2.46. The maximum absolute atomic E-state index is 12.0. The van der Waals surface area contributed by atoms with Crippen molar-refractivity contribution >= 4 is 22.1 Å². The summed E-state index contributed by atoms with van der Waals surface area (Å²) in [6.45, 7) is 4.26. The Morgan fingerprint density at radius 3 is 2.94 bits per heavy atom. The molecule has 0 saturated heterocycles. The summed E-state index contributed by atoms with van der Waals surface area (Å²) >= 11 is 1.50. The van der Waals surface area contributed by atoms with Crippen LogP contribution in [0, 0.1) is 5.41 Å². The zero-order chi connectivity index (χ0) is 11.8. The second-order valence-electron chi connectivity index (χ2n) is 4.67. The van der Waals surface area contributed by atoms with Crippen molar-refractivity contribution in [2.45, 2.75) is 20.4 Å². The Labute approximate surface area is 97.2 Å². The van der Waals surface area contributed by atoms with Crippen LogP contribution in [0.25, 0.3) is 10.8 Å². The normalized spacial score (nSPS) is 12.2. The SMILES string of the molecule is CC(C)(CO)Cn1ncc2cscc2c1=O. The largest absolute Gasteiger partial charge is 0.396 e. The molecule has 16 heavy (non-hydrogen) atoms. The Hall–Kier alpha value is -1.20. The first-order valence-electron chi connectivity index (χ1n) is 5.06. The van der Waals surface area contributed by atoms with Crippen LogP contribution in [0.4, 0.5) is 0 Å². The van der Waals surface area contributed by atoms with Gasteiger partial charge in [-0.1, -0.05) is 13.8 Å². The number of aliphatic hydroxyl groups is 1. The molecule has 0 bridgehead atoms. The summed E-state index contributed by atoms with van der Waals surface area (Å²) in [5.74, 6) is 0. The van der Waals surface area contributed by atoms with Crippen LogP contribution in [-0.2, 0) is 6.54 Å². The standard InChI is InChI=1S/C11H14N2O2S/c1-11(2,7-14)6-13-10(15)9-5-16-4-8(9)3-12-13/h3-5,14H,6-7H2,1-2H3. The van der Waals surface area contributed by atoms with E-state index in [0.717, 1.165) is 5.39 Å². The van der Waals surface area contributed by atoms with Gasteiger partial charge in [-0.3, -0.25) is 4.79 Å². The zero-order valence-corrected chi connectivity index (χ0v) is 10.1. The number of aliphatic hydroxyl groups excluding tert-OH is 1. The number of rotatable bonds is 3. The molecule has 4 nitrogen and oxygen atoms in total. The van der Waals surface area contributed by atoms with Gasteiger partial charge in [0, 0.05) is 28.2 Å². The summed E-state index contributed by atoms with van der Waals surface area (Å²) in [5.41, 5.74) is -0.416. The highest BCUT2D eigenvalue weighted by atomic mass is 32.1. The third-order valence-corrected chi connectivity index (χ3v) is 3.26. The maximum Gasteiger partial charge on any atom is 0.275 e. The number of hydrogen-bond acceptors (Lipinski definition) is 4. The quantitative estimate of drug-likeness (QED) is 0.881. The van der Waals surface area contributed by atoms with E-state index in [1.165, 1.54) is 16.0 Å². The van der Waals surface area contributed by atoms with E-state index in [4.69, 9.17) is 0 Å². The number of hydrogen-bond donors (Lipinski definition) is 1. The molecule has 2 heterocycles. The minimum absolute atomic E-state index is 0.0305. The molecule has 0 amide bonds. The first kappa shape index (κ1) is 11.3. The zero-order valence-electron chi connectivity index (χ0n) is 9.30. The fourth-order valence-electron chi connectivity index (χ4n) is 1.47. The van der Waals surface area contributed by atoms with Crippen molar-refractivity contribution in [1.82, 2.24) is 9.78 Å². The fraction of sp³-hybridized carbons (Fsp3) is 0.455. The van der Waals surface area contributed by atoms with Gasteiger partial charge in [0.1, 0.15) is 0 Å². The average molecular weight is 238 g/mol. The van der Waals surface area contributed by atoms with Crippen LogP contribution in [0.1, 0.15) is 13.8 Å². The molecule has 0 aliphatic carbocycles. The van der Waals surface area contributed by atoms with Crippen LogP contribution in [0.5, 0.6) is 0 Å². The third kappa shape index (κ3) is 2.01. The predicted molar refractivity (Wildman–Crippen MR) is 64.7 cm³/mol. The first-order chi connectivity index (χ1) is 7.53. The second kappa shape index (κ2) is 3.99. The lowest BCUT2D eigenvalue weighted by atomic mass is 9.95. The van der Waals surface area contributed by atoms with Crippen molar-refractivity contribution < 1.29 is 5.11 Å². The van der Waals surface area contributed by atoms with Crippen LogP contribution >= 0.6 is 11.3 Å². The van der Waals surface area contributed by atoms with Crippen molar-refractivity contribution in [2.24, 2.45) is 5.41 Å². The minimum Gasteiger partial charge on any atom is -0.396 e. The van der Waals surface area contributed by atoms with Gasteiger partial charge in [-0.15, -0.1) is 0 Å². The Morgan fingerprint density at radius 2 is 2.25 bits per heavy atom. The van der Waals surface area contributed by atoms with E-state index in [0.29, 0.717) is 11.9 Å². The van der Waals surface area contributed by atoms with Crippen molar-refractivity contribution in [3.63, 3.8) is 0 Å². The summed E-state index contributed by atoms with van der Waals surface area (Å²) in [7, 11) is 0. The lowest BCUT2D eigenvalue weighted by Crippen LogP contribution is -2.32. The Bertz CT molecular complexity index is 556. The topological polar surface area (TPSA) is 55.1 Å². The first-order valence-corrected chi connectivity index (χ1v) is 6.01. The minimum atomic E-state index is -0.333. The summed E-state index contributed by atoms with van der Waals surface area (Å²) in [5, 5.41) is 18.6. The van der Waals surface area contributed by atoms with Gasteiger partial charge in [0.05, 0.1) is 18.1 Å². The van der Waals surface area contributed by atoms with Crippen LogP contribution in [-0.4, -0.2) is 21.5 Å². The molecule has 2 rings (SSSR count). The summed E-state index contributed by atoms with van der Waals surface area (Å²) in [4.78, 5) is 12.0. The van der Waals surface area contributed by atoms with Crippen molar-refractivity contribution in [2.75, 3.05) is 6.61 Å². The van der Waals surface area contributed by atoms with Gasteiger partial charge >= 0.3 is 0 Å². The van der Waals surface area contributed by atoms with Gasteiger partial charge in [0.2, 0.25) is 0 Å². The molecule has 0 atom stereocenters. The lowest BCUT2D eigenvalue weighted by molar-refractivity contribution is 0.135. The number of fused-ring (bicyclic) bond motifs is 1.